The first kappa shape index (κ1) is 13.4. The van der Waals surface area contributed by atoms with Crippen molar-refractivity contribution in [3.63, 3.8) is 0 Å². The van der Waals surface area contributed by atoms with Crippen molar-refractivity contribution in [1.29, 1.82) is 0 Å². The van der Waals surface area contributed by atoms with Crippen LogP contribution in [0.15, 0.2) is 0 Å². The van der Waals surface area contributed by atoms with E-state index in [0.29, 0.717) is 24.1 Å². The molecule has 0 spiro atoms. The Labute approximate surface area is 85.1 Å². The number of likely N-dealkylation sites (N-methyl/N-ethyl adjacent to an activating group) is 1. The quantitative estimate of drug-likeness (QED) is 0.519. The van der Waals surface area contributed by atoms with E-state index >= 15 is 0 Å². The van der Waals surface area contributed by atoms with Crippen molar-refractivity contribution in [2.45, 2.75) is 0 Å². The van der Waals surface area contributed by atoms with Gasteiger partial charge in [0.05, 0.1) is 34.4 Å². The maximum atomic E-state index is 11.6. The van der Waals surface area contributed by atoms with Crippen LogP contribution in [0.3, 0.4) is 0 Å². The normalized spacial score (nSPS) is 11.5. The summed E-state index contributed by atoms with van der Waals surface area (Å²) in [6.45, 7) is 0.824. The molecule has 0 aromatic rings. The topological polar surface area (TPSA) is 60.8 Å². The molecule has 5 heteroatoms. The lowest BCUT2D eigenvalue weighted by molar-refractivity contribution is -0.862. The van der Waals surface area contributed by atoms with Crippen LogP contribution in [0.1, 0.15) is 0 Å². The number of aliphatic hydroxyl groups excluding tert-OH is 2. The standard InChI is InChI=1S/C9H21N2O3/c1-11(2,3)8-9(14)10(4-6-12)5-7-13/h12-13H,4-8H2,1-3H3/q+1. The average Bonchev–Trinajstić information content (AvgIpc) is 2.01. The van der Waals surface area contributed by atoms with Gasteiger partial charge in [-0.25, -0.2) is 0 Å². The van der Waals surface area contributed by atoms with Gasteiger partial charge in [0.1, 0.15) is 0 Å². The number of hydrogen-bond acceptors (Lipinski definition) is 3. The second kappa shape index (κ2) is 5.95. The summed E-state index contributed by atoms with van der Waals surface area (Å²) in [6, 6.07) is 0. The summed E-state index contributed by atoms with van der Waals surface area (Å²) in [7, 11) is 5.77. The molecule has 0 saturated carbocycles. The summed E-state index contributed by atoms with van der Waals surface area (Å²) in [5.41, 5.74) is 0. The Bertz CT molecular complexity index is 171. The van der Waals surface area contributed by atoms with E-state index in [2.05, 4.69) is 0 Å². The Kier molecular flexibility index (Phi) is 5.68. The van der Waals surface area contributed by atoms with Crippen LogP contribution in [0.25, 0.3) is 0 Å². The first-order chi connectivity index (χ1) is 6.40. The van der Waals surface area contributed by atoms with E-state index in [1.54, 1.807) is 0 Å². The van der Waals surface area contributed by atoms with Gasteiger partial charge in [-0.15, -0.1) is 0 Å². The number of aliphatic hydroxyl groups is 2. The molecular weight excluding hydrogens is 184 g/mol. The first-order valence-corrected chi connectivity index (χ1v) is 4.70. The Morgan fingerprint density at radius 1 is 1.14 bits per heavy atom. The molecule has 0 bridgehead atoms. The number of quaternary nitrogens is 1. The Morgan fingerprint density at radius 3 is 1.86 bits per heavy atom. The molecule has 0 radical (unpaired) electrons. The zero-order chi connectivity index (χ0) is 11.2. The average molecular weight is 205 g/mol. The molecule has 1 amide bonds. The number of carbonyl (C=O) groups excluding carboxylic acids is 1. The molecule has 14 heavy (non-hydrogen) atoms. The Morgan fingerprint density at radius 2 is 1.57 bits per heavy atom. The fourth-order valence-corrected chi connectivity index (χ4v) is 1.11. The molecule has 0 aromatic heterocycles. The molecule has 2 N–H and O–H groups in total. The lowest BCUT2D eigenvalue weighted by Crippen LogP contribution is -2.47. The summed E-state index contributed by atoms with van der Waals surface area (Å²) in [5, 5.41) is 17.5. The van der Waals surface area contributed by atoms with Gasteiger partial charge in [0, 0.05) is 13.1 Å². The zero-order valence-corrected chi connectivity index (χ0v) is 9.23. The van der Waals surface area contributed by atoms with Crippen molar-refractivity contribution < 1.29 is 19.5 Å². The van der Waals surface area contributed by atoms with Crippen molar-refractivity contribution in [2.24, 2.45) is 0 Å². The molecule has 0 heterocycles. The van der Waals surface area contributed by atoms with E-state index in [4.69, 9.17) is 10.2 Å². The molecule has 0 fully saturated rings. The maximum Gasteiger partial charge on any atom is 0.277 e. The predicted octanol–water partition coefficient (Wildman–Crippen LogP) is -1.49. The monoisotopic (exact) mass is 205 g/mol. The van der Waals surface area contributed by atoms with Crippen LogP contribution < -0.4 is 0 Å². The highest BCUT2D eigenvalue weighted by molar-refractivity contribution is 5.77. The third kappa shape index (κ3) is 5.90. The highest BCUT2D eigenvalue weighted by Crippen LogP contribution is 1.95. The fourth-order valence-electron chi connectivity index (χ4n) is 1.11. The van der Waals surface area contributed by atoms with Crippen molar-refractivity contribution in [3.8, 4) is 0 Å². The van der Waals surface area contributed by atoms with E-state index in [1.807, 2.05) is 21.1 Å². The molecule has 0 saturated heterocycles. The van der Waals surface area contributed by atoms with E-state index < -0.39 is 0 Å². The maximum absolute atomic E-state index is 11.6. The predicted molar refractivity (Wildman–Crippen MR) is 53.7 cm³/mol. The summed E-state index contributed by atoms with van der Waals surface area (Å²) in [4.78, 5) is 13.1. The van der Waals surface area contributed by atoms with Crippen molar-refractivity contribution >= 4 is 5.91 Å². The SMILES string of the molecule is C[N+](C)(C)CC(=O)N(CCO)CCO. The van der Waals surface area contributed by atoms with Crippen molar-refractivity contribution in [2.75, 3.05) is 54.0 Å². The molecule has 0 aliphatic rings. The van der Waals surface area contributed by atoms with E-state index in [9.17, 15) is 4.79 Å². The van der Waals surface area contributed by atoms with Gasteiger partial charge >= 0.3 is 0 Å². The Hall–Kier alpha value is -0.650. The number of rotatable bonds is 6. The summed E-state index contributed by atoms with van der Waals surface area (Å²) in [6.07, 6.45) is 0. The third-order valence-corrected chi connectivity index (χ3v) is 1.70. The van der Waals surface area contributed by atoms with Crippen LogP contribution in [0.2, 0.25) is 0 Å². The number of hydrogen-bond donors (Lipinski definition) is 2. The fraction of sp³-hybridized carbons (Fsp3) is 0.889. The zero-order valence-electron chi connectivity index (χ0n) is 9.23. The molecule has 84 valence electrons. The van der Waals surface area contributed by atoms with Gasteiger partial charge in [0.2, 0.25) is 0 Å². The second-order valence-corrected chi connectivity index (χ2v) is 4.28. The van der Waals surface area contributed by atoms with Gasteiger partial charge in [0.15, 0.2) is 6.54 Å². The van der Waals surface area contributed by atoms with Gasteiger partial charge in [-0.3, -0.25) is 4.79 Å². The largest absolute Gasteiger partial charge is 0.395 e. The minimum atomic E-state index is -0.0666. The smallest absolute Gasteiger partial charge is 0.277 e. The highest BCUT2D eigenvalue weighted by Gasteiger charge is 2.19. The van der Waals surface area contributed by atoms with Gasteiger partial charge in [-0.1, -0.05) is 0 Å². The number of carbonyl (C=O) groups is 1. The second-order valence-electron chi connectivity index (χ2n) is 4.28. The lowest BCUT2D eigenvalue weighted by atomic mass is 10.4. The molecule has 5 nitrogen and oxygen atoms in total. The minimum absolute atomic E-state index is 0.0411. The summed E-state index contributed by atoms with van der Waals surface area (Å²) in [5.74, 6) is -0.0411. The van der Waals surface area contributed by atoms with Gasteiger partial charge in [-0.2, -0.15) is 0 Å². The number of nitrogens with zero attached hydrogens (tertiary/aromatic N) is 2. The van der Waals surface area contributed by atoms with Gasteiger partial charge < -0.3 is 19.6 Å². The Balaban J connectivity index is 4.14. The van der Waals surface area contributed by atoms with Crippen LogP contribution in [0, 0.1) is 0 Å². The van der Waals surface area contributed by atoms with Gasteiger partial charge in [-0.05, 0) is 0 Å². The molecular formula is C9H21N2O3+. The molecule has 0 aromatic carbocycles. The van der Waals surface area contributed by atoms with Crippen molar-refractivity contribution in [3.05, 3.63) is 0 Å². The van der Waals surface area contributed by atoms with Crippen LogP contribution in [-0.4, -0.2) is 79.5 Å². The highest BCUT2D eigenvalue weighted by atomic mass is 16.3. The molecule has 0 aliphatic heterocycles. The molecule has 0 aliphatic carbocycles. The van der Waals surface area contributed by atoms with Crippen LogP contribution in [0.4, 0.5) is 0 Å². The molecule has 0 rings (SSSR count). The molecule has 0 unspecified atom stereocenters. The van der Waals surface area contributed by atoms with Crippen molar-refractivity contribution in [1.82, 2.24) is 4.90 Å². The number of amides is 1. The summed E-state index contributed by atoms with van der Waals surface area (Å²) < 4.78 is 0.548. The third-order valence-electron chi connectivity index (χ3n) is 1.70. The minimum Gasteiger partial charge on any atom is -0.395 e. The lowest BCUT2D eigenvalue weighted by Gasteiger charge is -2.27. The van der Waals surface area contributed by atoms with E-state index in [1.165, 1.54) is 4.90 Å². The summed E-state index contributed by atoms with van der Waals surface area (Å²) >= 11 is 0. The molecule has 0 atom stereocenters. The van der Waals surface area contributed by atoms with Crippen LogP contribution >= 0.6 is 0 Å². The van der Waals surface area contributed by atoms with E-state index in [0.717, 1.165) is 0 Å². The van der Waals surface area contributed by atoms with E-state index in [-0.39, 0.29) is 19.1 Å². The first-order valence-electron chi connectivity index (χ1n) is 4.70. The van der Waals surface area contributed by atoms with Crippen LogP contribution in [-0.2, 0) is 4.79 Å². The van der Waals surface area contributed by atoms with Gasteiger partial charge in [0.25, 0.3) is 5.91 Å². The van der Waals surface area contributed by atoms with Crippen LogP contribution in [0.5, 0.6) is 0 Å².